The zero-order valence-electron chi connectivity index (χ0n) is 8.37. The summed E-state index contributed by atoms with van der Waals surface area (Å²) in [5, 5.41) is 2.15. The Bertz CT molecular complexity index is 275. The van der Waals surface area contributed by atoms with Gasteiger partial charge in [-0.05, 0) is 13.3 Å². The Balaban J connectivity index is 2.69. The van der Waals surface area contributed by atoms with Gasteiger partial charge in [0.25, 0.3) is 0 Å². The average molecular weight is 198 g/mol. The van der Waals surface area contributed by atoms with Crippen molar-refractivity contribution in [3.05, 3.63) is 0 Å². The summed E-state index contributed by atoms with van der Waals surface area (Å²) in [6, 6.07) is -0.591. The number of nitrogens with one attached hydrogen (secondary N) is 1. The van der Waals surface area contributed by atoms with Gasteiger partial charge in [0.05, 0.1) is 0 Å². The number of imide groups is 2. The van der Waals surface area contributed by atoms with Gasteiger partial charge in [-0.1, -0.05) is 13.3 Å². The summed E-state index contributed by atoms with van der Waals surface area (Å²) < 4.78 is 0. The fourth-order valence-electron chi connectivity index (χ4n) is 1.26. The Kier molecular flexibility index (Phi) is 3.22. The molecular weight excluding hydrogens is 184 g/mol. The molecule has 1 unspecified atom stereocenters. The molecule has 1 fully saturated rings. The van der Waals surface area contributed by atoms with E-state index in [1.807, 2.05) is 6.92 Å². The fourth-order valence-corrected chi connectivity index (χ4v) is 1.26. The number of barbiturate groups is 1. The van der Waals surface area contributed by atoms with Crippen LogP contribution in [0.1, 0.15) is 26.7 Å². The van der Waals surface area contributed by atoms with Crippen molar-refractivity contribution in [1.82, 2.24) is 10.2 Å². The second kappa shape index (κ2) is 4.21. The molecule has 5 heteroatoms. The summed E-state index contributed by atoms with van der Waals surface area (Å²) >= 11 is 0. The number of carbonyl (C=O) groups excluding carboxylic acids is 3. The van der Waals surface area contributed by atoms with E-state index in [1.165, 1.54) is 6.92 Å². The number of amides is 4. The highest BCUT2D eigenvalue weighted by Crippen LogP contribution is 2.10. The standard InChI is InChI=1S/C9H14N2O3/c1-3-4-5-11-8(13)6(2)7(12)10-9(11)14/h6H,3-5H2,1-2H3,(H,10,12,14). The van der Waals surface area contributed by atoms with E-state index in [1.54, 1.807) is 0 Å². The maximum absolute atomic E-state index is 11.5. The summed E-state index contributed by atoms with van der Waals surface area (Å²) in [5.41, 5.74) is 0. The molecule has 1 aliphatic heterocycles. The van der Waals surface area contributed by atoms with Crippen molar-refractivity contribution in [3.63, 3.8) is 0 Å². The lowest BCUT2D eigenvalue weighted by Gasteiger charge is -2.28. The molecule has 0 aromatic carbocycles. The minimum Gasteiger partial charge on any atom is -0.277 e. The van der Waals surface area contributed by atoms with Gasteiger partial charge < -0.3 is 0 Å². The molecule has 0 saturated carbocycles. The Morgan fingerprint density at radius 1 is 1.36 bits per heavy atom. The van der Waals surface area contributed by atoms with Gasteiger partial charge in [-0.2, -0.15) is 0 Å². The van der Waals surface area contributed by atoms with E-state index in [0.29, 0.717) is 6.54 Å². The fraction of sp³-hybridized carbons (Fsp3) is 0.667. The van der Waals surface area contributed by atoms with Crippen LogP contribution in [0, 0.1) is 5.92 Å². The predicted octanol–water partition coefficient (Wildman–Crippen LogP) is 0.501. The van der Waals surface area contributed by atoms with Crippen LogP contribution in [0.3, 0.4) is 0 Å². The van der Waals surface area contributed by atoms with E-state index in [0.717, 1.165) is 17.7 Å². The van der Waals surface area contributed by atoms with E-state index in [-0.39, 0.29) is 0 Å². The predicted molar refractivity (Wildman–Crippen MR) is 49.3 cm³/mol. The van der Waals surface area contributed by atoms with Gasteiger partial charge in [0.2, 0.25) is 11.8 Å². The Morgan fingerprint density at radius 2 is 2.00 bits per heavy atom. The average Bonchev–Trinajstić information content (AvgIpc) is 2.14. The molecule has 14 heavy (non-hydrogen) atoms. The summed E-state index contributed by atoms with van der Waals surface area (Å²) in [6.07, 6.45) is 1.67. The smallest absolute Gasteiger partial charge is 0.277 e. The number of carbonyl (C=O) groups is 3. The Labute approximate surface area is 82.4 Å². The number of hydrogen-bond donors (Lipinski definition) is 1. The second-order valence-corrected chi connectivity index (χ2v) is 3.36. The highest BCUT2D eigenvalue weighted by molar-refractivity contribution is 6.15. The van der Waals surface area contributed by atoms with Crippen molar-refractivity contribution in [3.8, 4) is 0 Å². The van der Waals surface area contributed by atoms with Crippen LogP contribution in [0.2, 0.25) is 0 Å². The van der Waals surface area contributed by atoms with Gasteiger partial charge in [0.1, 0.15) is 5.92 Å². The maximum atomic E-state index is 11.5. The zero-order valence-corrected chi connectivity index (χ0v) is 8.37. The lowest BCUT2D eigenvalue weighted by Crippen LogP contribution is -2.57. The van der Waals surface area contributed by atoms with E-state index >= 15 is 0 Å². The van der Waals surface area contributed by atoms with Crippen molar-refractivity contribution < 1.29 is 14.4 Å². The van der Waals surface area contributed by atoms with Crippen LogP contribution in [-0.2, 0) is 9.59 Å². The highest BCUT2D eigenvalue weighted by Gasteiger charge is 2.36. The van der Waals surface area contributed by atoms with Gasteiger partial charge in [0, 0.05) is 6.54 Å². The Morgan fingerprint density at radius 3 is 2.57 bits per heavy atom. The summed E-state index contributed by atoms with van der Waals surface area (Å²) in [6.45, 7) is 3.86. The van der Waals surface area contributed by atoms with Crippen LogP contribution in [0.5, 0.6) is 0 Å². The molecule has 4 amide bonds. The monoisotopic (exact) mass is 198 g/mol. The van der Waals surface area contributed by atoms with Crippen LogP contribution in [0.4, 0.5) is 4.79 Å². The molecule has 78 valence electrons. The molecule has 0 spiro atoms. The van der Waals surface area contributed by atoms with E-state index < -0.39 is 23.8 Å². The molecule has 1 rings (SSSR count). The number of nitrogens with zero attached hydrogens (tertiary/aromatic N) is 1. The first-order chi connectivity index (χ1) is 6.57. The lowest BCUT2D eigenvalue weighted by molar-refractivity contribution is -0.141. The molecule has 1 heterocycles. The van der Waals surface area contributed by atoms with Crippen LogP contribution in [0.25, 0.3) is 0 Å². The number of rotatable bonds is 3. The molecule has 5 nitrogen and oxygen atoms in total. The van der Waals surface area contributed by atoms with Crippen LogP contribution >= 0.6 is 0 Å². The number of urea groups is 1. The first-order valence-electron chi connectivity index (χ1n) is 4.74. The van der Waals surface area contributed by atoms with Gasteiger partial charge >= 0.3 is 6.03 Å². The van der Waals surface area contributed by atoms with Crippen molar-refractivity contribution >= 4 is 17.8 Å². The zero-order chi connectivity index (χ0) is 10.7. The van der Waals surface area contributed by atoms with E-state index in [2.05, 4.69) is 5.32 Å². The maximum Gasteiger partial charge on any atom is 0.330 e. The molecule has 0 radical (unpaired) electrons. The third kappa shape index (κ3) is 1.92. The van der Waals surface area contributed by atoms with Gasteiger partial charge in [-0.3, -0.25) is 19.8 Å². The van der Waals surface area contributed by atoms with Crippen LogP contribution in [0.15, 0.2) is 0 Å². The third-order valence-electron chi connectivity index (χ3n) is 2.24. The van der Waals surface area contributed by atoms with E-state index in [4.69, 9.17) is 0 Å². The van der Waals surface area contributed by atoms with Crippen molar-refractivity contribution in [2.45, 2.75) is 26.7 Å². The molecule has 0 aromatic heterocycles. The van der Waals surface area contributed by atoms with Gasteiger partial charge in [-0.15, -0.1) is 0 Å². The minimum atomic E-state index is -0.746. The quantitative estimate of drug-likeness (QED) is 0.671. The first kappa shape index (κ1) is 10.7. The SMILES string of the molecule is CCCCN1C(=O)NC(=O)C(C)C1=O. The molecule has 0 bridgehead atoms. The number of hydrogen-bond acceptors (Lipinski definition) is 3. The van der Waals surface area contributed by atoms with E-state index in [9.17, 15) is 14.4 Å². The van der Waals surface area contributed by atoms with Crippen LogP contribution < -0.4 is 5.32 Å². The third-order valence-corrected chi connectivity index (χ3v) is 2.24. The summed E-state index contributed by atoms with van der Waals surface area (Å²) in [5.74, 6) is -1.65. The topological polar surface area (TPSA) is 66.5 Å². The first-order valence-corrected chi connectivity index (χ1v) is 4.74. The largest absolute Gasteiger partial charge is 0.330 e. The highest BCUT2D eigenvalue weighted by atomic mass is 16.2. The second-order valence-electron chi connectivity index (χ2n) is 3.36. The normalized spacial score (nSPS) is 22.6. The lowest BCUT2D eigenvalue weighted by atomic mass is 10.1. The van der Waals surface area contributed by atoms with Crippen LogP contribution in [-0.4, -0.2) is 29.3 Å². The van der Waals surface area contributed by atoms with Crippen molar-refractivity contribution in [1.29, 1.82) is 0 Å². The minimum absolute atomic E-state index is 0.388. The van der Waals surface area contributed by atoms with Crippen molar-refractivity contribution in [2.24, 2.45) is 5.92 Å². The molecule has 1 N–H and O–H groups in total. The molecule has 1 aliphatic rings. The molecule has 1 atom stereocenters. The molecule has 0 aliphatic carbocycles. The summed E-state index contributed by atoms with van der Waals surface area (Å²) in [4.78, 5) is 34.9. The Hall–Kier alpha value is -1.39. The summed E-state index contributed by atoms with van der Waals surface area (Å²) in [7, 11) is 0. The number of unbranched alkanes of at least 4 members (excludes halogenated alkanes) is 1. The van der Waals surface area contributed by atoms with Gasteiger partial charge in [0.15, 0.2) is 0 Å². The molecule has 0 aromatic rings. The van der Waals surface area contributed by atoms with Gasteiger partial charge in [-0.25, -0.2) is 4.79 Å². The molecule has 1 saturated heterocycles. The molecular formula is C9H14N2O3. The van der Waals surface area contributed by atoms with Crippen molar-refractivity contribution in [2.75, 3.05) is 6.54 Å².